The third kappa shape index (κ3) is 14.5. The van der Waals surface area contributed by atoms with Crippen molar-refractivity contribution >= 4 is 28.1 Å². The molecule has 6 heteroatoms. The van der Waals surface area contributed by atoms with Crippen molar-refractivity contribution in [2.75, 3.05) is 13.2 Å². The van der Waals surface area contributed by atoms with Gasteiger partial charge in [-0.25, -0.2) is 9.59 Å². The highest BCUT2D eigenvalue weighted by atomic mass is 28.3. The van der Waals surface area contributed by atoms with Crippen LogP contribution < -0.4 is 0 Å². The van der Waals surface area contributed by atoms with E-state index in [9.17, 15) is 9.59 Å². The van der Waals surface area contributed by atoms with Gasteiger partial charge in [0.05, 0.1) is 29.4 Å². The fourth-order valence-corrected chi connectivity index (χ4v) is 17.3. The van der Waals surface area contributed by atoms with Crippen LogP contribution in [0, 0.1) is 0 Å². The van der Waals surface area contributed by atoms with E-state index < -0.39 is 28.1 Å². The molecule has 0 aliphatic carbocycles. The Morgan fingerprint density at radius 2 is 0.765 bits per heavy atom. The van der Waals surface area contributed by atoms with Crippen molar-refractivity contribution in [2.45, 2.75) is 141 Å². The summed E-state index contributed by atoms with van der Waals surface area (Å²) in [6, 6.07) is 10.8. The first-order valence-corrected chi connectivity index (χ1v) is 20.0. The molecule has 0 aromatic carbocycles. The molecule has 0 atom stereocenters. The summed E-state index contributed by atoms with van der Waals surface area (Å²) in [5.74, 6) is -0.878. The van der Waals surface area contributed by atoms with E-state index in [0.717, 1.165) is 12.8 Å². The first-order valence-electron chi connectivity index (χ1n) is 14.4. The van der Waals surface area contributed by atoms with E-state index in [-0.39, 0.29) is 0 Å². The van der Waals surface area contributed by atoms with Crippen LogP contribution in [0.25, 0.3) is 0 Å². The Hall–Kier alpha value is -0.886. The standard InChI is InChI=1S/C28H56O4Si2/c1-7-19-33(20-8-2,21-9-3)25-13-17-31-27(29)15-16-28(30)32-18-14-26-34(22-10-4,23-11-5)24-12-6/h15-16H,7-14,17-26H2,1-6H3/b16-15+. The summed E-state index contributed by atoms with van der Waals surface area (Å²) in [4.78, 5) is 24.1. The summed E-state index contributed by atoms with van der Waals surface area (Å²) in [5.41, 5.74) is 0. The minimum absolute atomic E-state index is 0.439. The molecular weight excluding hydrogens is 456 g/mol. The van der Waals surface area contributed by atoms with Crippen LogP contribution in [0.1, 0.15) is 92.9 Å². The lowest BCUT2D eigenvalue weighted by Crippen LogP contribution is -2.33. The molecular formula is C28H56O4Si2. The molecule has 34 heavy (non-hydrogen) atoms. The zero-order valence-electron chi connectivity index (χ0n) is 23.5. The number of rotatable bonds is 22. The van der Waals surface area contributed by atoms with E-state index in [2.05, 4.69) is 41.5 Å². The van der Waals surface area contributed by atoms with E-state index >= 15 is 0 Å². The lowest BCUT2D eigenvalue weighted by molar-refractivity contribution is -0.140. The van der Waals surface area contributed by atoms with Gasteiger partial charge in [-0.15, -0.1) is 0 Å². The molecule has 0 saturated carbocycles. The first-order chi connectivity index (χ1) is 16.4. The number of hydrogen-bond acceptors (Lipinski definition) is 4. The van der Waals surface area contributed by atoms with Gasteiger partial charge in [0.2, 0.25) is 0 Å². The lowest BCUT2D eigenvalue weighted by atomic mass is 10.4. The Kier molecular flexibility index (Phi) is 19.8. The number of esters is 2. The van der Waals surface area contributed by atoms with Gasteiger partial charge in [-0.2, -0.15) is 0 Å². The fourth-order valence-electron chi connectivity index (χ4n) is 6.15. The second-order valence-corrected chi connectivity index (χ2v) is 20.4. The first kappa shape index (κ1) is 33.1. The fraction of sp³-hybridized carbons (Fsp3) is 0.857. The van der Waals surface area contributed by atoms with Crippen molar-refractivity contribution in [3.63, 3.8) is 0 Å². The summed E-state index contributed by atoms with van der Waals surface area (Å²) in [5, 5.41) is 0. The van der Waals surface area contributed by atoms with E-state index in [0.29, 0.717) is 13.2 Å². The smallest absolute Gasteiger partial charge is 0.331 e. The van der Waals surface area contributed by atoms with Crippen molar-refractivity contribution in [3.8, 4) is 0 Å². The molecule has 0 fully saturated rings. The van der Waals surface area contributed by atoms with Crippen molar-refractivity contribution in [2.24, 2.45) is 0 Å². The molecule has 0 aliphatic heterocycles. The molecule has 0 heterocycles. The largest absolute Gasteiger partial charge is 0.463 e. The molecule has 0 aliphatic rings. The van der Waals surface area contributed by atoms with E-state index in [1.54, 1.807) is 0 Å². The van der Waals surface area contributed by atoms with Crippen LogP contribution >= 0.6 is 0 Å². The van der Waals surface area contributed by atoms with Crippen LogP contribution in [0.15, 0.2) is 12.2 Å². The third-order valence-electron chi connectivity index (χ3n) is 7.23. The molecule has 0 rings (SSSR count). The van der Waals surface area contributed by atoms with Gasteiger partial charge in [-0.3, -0.25) is 0 Å². The Balaban J connectivity index is 4.36. The molecule has 0 saturated heterocycles. The van der Waals surface area contributed by atoms with Crippen LogP contribution in [-0.4, -0.2) is 41.3 Å². The highest BCUT2D eigenvalue weighted by Crippen LogP contribution is 2.32. The number of carbonyl (C=O) groups excluding carboxylic acids is 2. The van der Waals surface area contributed by atoms with Crippen molar-refractivity contribution in [1.29, 1.82) is 0 Å². The summed E-state index contributed by atoms with van der Waals surface area (Å²) in [6.45, 7) is 14.6. The van der Waals surface area contributed by atoms with Gasteiger partial charge < -0.3 is 9.47 Å². The average Bonchev–Trinajstić information content (AvgIpc) is 2.79. The quantitative estimate of drug-likeness (QED) is 0.0629. The minimum Gasteiger partial charge on any atom is -0.463 e. The van der Waals surface area contributed by atoms with Crippen LogP contribution in [0.5, 0.6) is 0 Å². The molecule has 0 spiro atoms. The minimum atomic E-state index is -1.23. The van der Waals surface area contributed by atoms with Gasteiger partial charge in [0, 0.05) is 12.2 Å². The maximum Gasteiger partial charge on any atom is 0.331 e. The molecule has 0 bridgehead atoms. The van der Waals surface area contributed by atoms with Gasteiger partial charge in [0.15, 0.2) is 0 Å². The molecule has 0 aromatic heterocycles. The Labute approximate surface area is 213 Å². The molecule has 0 unspecified atom stereocenters. The van der Waals surface area contributed by atoms with Gasteiger partial charge in [0.25, 0.3) is 0 Å². The molecule has 0 N–H and O–H groups in total. The number of hydrogen-bond donors (Lipinski definition) is 0. The molecule has 0 amide bonds. The summed E-state index contributed by atoms with van der Waals surface area (Å²) in [6.07, 6.45) is 11.9. The monoisotopic (exact) mass is 512 g/mol. The molecule has 0 radical (unpaired) electrons. The SMILES string of the molecule is CCC[Si](CCC)(CCC)CCCOC(=O)/C=C/C(=O)OCCC[Si](CCC)(CCC)CCC. The molecule has 4 nitrogen and oxygen atoms in total. The maximum atomic E-state index is 12.0. The van der Waals surface area contributed by atoms with Crippen molar-refractivity contribution in [1.82, 2.24) is 0 Å². The summed E-state index contributed by atoms with van der Waals surface area (Å²) >= 11 is 0. The third-order valence-corrected chi connectivity index (χ3v) is 19.4. The van der Waals surface area contributed by atoms with Crippen molar-refractivity contribution < 1.29 is 19.1 Å². The second kappa shape index (κ2) is 20.3. The lowest BCUT2D eigenvalue weighted by Gasteiger charge is -2.31. The topological polar surface area (TPSA) is 52.6 Å². The van der Waals surface area contributed by atoms with E-state index in [4.69, 9.17) is 9.47 Å². The molecule has 0 aromatic rings. The zero-order chi connectivity index (χ0) is 25.7. The van der Waals surface area contributed by atoms with Crippen LogP contribution in [0.3, 0.4) is 0 Å². The zero-order valence-corrected chi connectivity index (χ0v) is 25.5. The molecule has 200 valence electrons. The van der Waals surface area contributed by atoms with Crippen LogP contribution in [0.2, 0.25) is 48.4 Å². The number of ether oxygens (including phenoxy) is 2. The van der Waals surface area contributed by atoms with Crippen LogP contribution in [-0.2, 0) is 19.1 Å². The van der Waals surface area contributed by atoms with Gasteiger partial charge in [0.1, 0.15) is 0 Å². The van der Waals surface area contributed by atoms with Crippen molar-refractivity contribution in [3.05, 3.63) is 12.2 Å². The number of carbonyl (C=O) groups is 2. The highest BCUT2D eigenvalue weighted by molar-refractivity contribution is 6.80. The van der Waals surface area contributed by atoms with Crippen LogP contribution in [0.4, 0.5) is 0 Å². The van der Waals surface area contributed by atoms with Gasteiger partial charge in [-0.1, -0.05) is 128 Å². The Bertz CT molecular complexity index is 481. The van der Waals surface area contributed by atoms with E-state index in [1.807, 2.05) is 0 Å². The van der Waals surface area contributed by atoms with E-state index in [1.165, 1.54) is 99.0 Å². The average molecular weight is 513 g/mol. The highest BCUT2D eigenvalue weighted by Gasteiger charge is 2.30. The predicted octanol–water partition coefficient (Wildman–Crippen LogP) is 8.77. The summed E-state index contributed by atoms with van der Waals surface area (Å²) in [7, 11) is -2.47. The van der Waals surface area contributed by atoms with Gasteiger partial charge >= 0.3 is 11.9 Å². The Morgan fingerprint density at radius 1 is 0.500 bits per heavy atom. The summed E-state index contributed by atoms with van der Waals surface area (Å²) < 4.78 is 10.7. The van der Waals surface area contributed by atoms with Gasteiger partial charge in [-0.05, 0) is 12.8 Å². The maximum absolute atomic E-state index is 12.0. The second-order valence-electron chi connectivity index (χ2n) is 10.4. The Morgan fingerprint density at radius 3 is 1.00 bits per heavy atom. The normalized spacial score (nSPS) is 12.3. The predicted molar refractivity (Wildman–Crippen MR) is 152 cm³/mol.